The van der Waals surface area contributed by atoms with E-state index in [1.807, 2.05) is 53.2 Å². The van der Waals surface area contributed by atoms with Crippen LogP contribution in [0.3, 0.4) is 0 Å². The summed E-state index contributed by atoms with van der Waals surface area (Å²) in [7, 11) is 2.10. The molecule has 0 aliphatic carbocycles. The van der Waals surface area contributed by atoms with Gasteiger partial charge in [0.1, 0.15) is 0 Å². The predicted molar refractivity (Wildman–Crippen MR) is 147 cm³/mol. The molecule has 0 radical (unpaired) electrons. The Morgan fingerprint density at radius 2 is 1.74 bits per heavy atom. The fourth-order valence-electron chi connectivity index (χ4n) is 4.51. The van der Waals surface area contributed by atoms with E-state index in [1.165, 1.54) is 25.7 Å². The molecule has 6 heteroatoms. The zero-order chi connectivity index (χ0) is 24.5. The van der Waals surface area contributed by atoms with Crippen molar-refractivity contribution in [3.05, 3.63) is 83.0 Å². The van der Waals surface area contributed by atoms with E-state index in [1.54, 1.807) is 0 Å². The summed E-state index contributed by atoms with van der Waals surface area (Å²) in [6, 6.07) is 20.4. The number of unbranched alkanes of at least 4 members (excludes halogenated alkanes) is 5. The van der Waals surface area contributed by atoms with Crippen molar-refractivity contribution in [3.63, 3.8) is 0 Å². The number of hydrogen-bond donors (Lipinski definition) is 2. The van der Waals surface area contributed by atoms with Gasteiger partial charge in [-0.1, -0.05) is 63.3 Å². The Balaban J connectivity index is 1.60. The van der Waals surface area contributed by atoms with Crippen molar-refractivity contribution >= 4 is 28.1 Å². The number of fused-ring (bicyclic) bond motifs is 1. The van der Waals surface area contributed by atoms with Gasteiger partial charge >= 0.3 is 5.69 Å². The van der Waals surface area contributed by atoms with Crippen LogP contribution in [0.4, 0.5) is 17.1 Å². The first-order valence-corrected chi connectivity index (χ1v) is 12.9. The second-order valence-electron chi connectivity index (χ2n) is 9.22. The Bertz CT molecular complexity index is 1250. The summed E-state index contributed by atoms with van der Waals surface area (Å²) >= 11 is 0. The number of aryl methyl sites for hydroxylation is 1. The number of pyridine rings is 1. The number of hydrogen-bond acceptors (Lipinski definition) is 4. The lowest BCUT2D eigenvalue weighted by Crippen LogP contribution is -2.22. The van der Waals surface area contributed by atoms with E-state index in [2.05, 4.69) is 52.4 Å². The van der Waals surface area contributed by atoms with Gasteiger partial charge in [0, 0.05) is 44.1 Å². The second kappa shape index (κ2) is 12.2. The van der Waals surface area contributed by atoms with Gasteiger partial charge in [-0.15, -0.1) is 0 Å². The van der Waals surface area contributed by atoms with E-state index < -0.39 is 0 Å². The fourth-order valence-corrected chi connectivity index (χ4v) is 4.51. The average Bonchev–Trinajstić information content (AvgIpc) is 3.19. The highest BCUT2D eigenvalue weighted by Gasteiger charge is 2.15. The number of aromatic nitrogens is 3. The zero-order valence-electron chi connectivity index (χ0n) is 21.0. The topological polar surface area (TPSA) is 66.0 Å². The molecule has 0 spiro atoms. The van der Waals surface area contributed by atoms with E-state index in [0.717, 1.165) is 66.1 Å². The van der Waals surface area contributed by atoms with Crippen molar-refractivity contribution in [3.8, 4) is 0 Å². The summed E-state index contributed by atoms with van der Waals surface area (Å²) in [6.07, 6.45) is 9.91. The van der Waals surface area contributed by atoms with Gasteiger partial charge < -0.3 is 15.2 Å². The summed E-state index contributed by atoms with van der Waals surface area (Å²) < 4.78 is 1.90. The first-order chi connectivity index (χ1) is 17.2. The zero-order valence-corrected chi connectivity index (χ0v) is 21.0. The Labute approximate surface area is 208 Å². The highest BCUT2D eigenvalue weighted by molar-refractivity contribution is 5.90. The van der Waals surface area contributed by atoms with Gasteiger partial charge in [-0.2, -0.15) is 0 Å². The van der Waals surface area contributed by atoms with E-state index in [4.69, 9.17) is 0 Å². The minimum Gasteiger partial charge on any atom is -0.372 e. The van der Waals surface area contributed by atoms with Crippen LogP contribution in [0.1, 0.15) is 51.1 Å². The summed E-state index contributed by atoms with van der Waals surface area (Å²) in [6.45, 7) is 3.79. The van der Waals surface area contributed by atoms with Crippen molar-refractivity contribution in [2.75, 3.05) is 23.8 Å². The largest absolute Gasteiger partial charge is 0.372 e. The molecule has 4 rings (SSSR count). The molecule has 2 heterocycles. The number of nitrogens with one attached hydrogen (secondary N) is 2. The third-order valence-electron chi connectivity index (χ3n) is 6.52. The molecule has 0 atom stereocenters. The lowest BCUT2D eigenvalue weighted by atomic mass is 10.1. The molecule has 184 valence electrons. The van der Waals surface area contributed by atoms with Crippen molar-refractivity contribution in [1.82, 2.24) is 14.5 Å². The van der Waals surface area contributed by atoms with Crippen LogP contribution in [-0.4, -0.2) is 28.1 Å². The molecule has 0 aliphatic heterocycles. The molecule has 0 saturated heterocycles. The Morgan fingerprint density at radius 3 is 2.51 bits per heavy atom. The number of aromatic amines is 1. The van der Waals surface area contributed by atoms with Gasteiger partial charge in [0.2, 0.25) is 0 Å². The van der Waals surface area contributed by atoms with E-state index in [-0.39, 0.29) is 5.69 Å². The molecule has 0 unspecified atom stereocenters. The molecule has 0 amide bonds. The Morgan fingerprint density at radius 1 is 0.971 bits per heavy atom. The molecule has 2 aromatic carbocycles. The van der Waals surface area contributed by atoms with Crippen molar-refractivity contribution in [2.45, 2.75) is 58.4 Å². The summed E-state index contributed by atoms with van der Waals surface area (Å²) in [5, 5.41) is 3.56. The standard InChI is InChI=1S/C29H37N5O/c1-3-4-5-6-7-13-19-34-28-22-27(33(2)20-17-23-14-11-12-18-30-23)25(21-26(28)32-29(34)35)31-24-15-9-8-10-16-24/h8-12,14-16,18,21-22,31H,3-7,13,17,19-20H2,1-2H3,(H,32,35). The maximum Gasteiger partial charge on any atom is 0.326 e. The molecule has 4 aromatic rings. The van der Waals surface area contributed by atoms with Gasteiger partial charge in [0.25, 0.3) is 0 Å². The number of imidazole rings is 1. The van der Waals surface area contributed by atoms with Crippen molar-refractivity contribution < 1.29 is 0 Å². The third kappa shape index (κ3) is 6.53. The summed E-state index contributed by atoms with van der Waals surface area (Å²) in [4.78, 5) is 22.6. The fraction of sp³-hybridized carbons (Fsp3) is 0.379. The molecule has 35 heavy (non-hydrogen) atoms. The maximum absolute atomic E-state index is 12.8. The van der Waals surface area contributed by atoms with Crippen molar-refractivity contribution in [1.29, 1.82) is 0 Å². The summed E-state index contributed by atoms with van der Waals surface area (Å²) in [5.41, 5.74) is 5.91. The molecular weight excluding hydrogens is 434 g/mol. The van der Waals surface area contributed by atoms with Crippen LogP contribution in [0.2, 0.25) is 0 Å². The number of rotatable bonds is 13. The predicted octanol–water partition coefficient (Wildman–Crippen LogP) is 6.51. The van der Waals surface area contributed by atoms with E-state index >= 15 is 0 Å². The minimum atomic E-state index is -0.0347. The van der Waals surface area contributed by atoms with Crippen molar-refractivity contribution in [2.24, 2.45) is 0 Å². The molecule has 2 N–H and O–H groups in total. The smallest absolute Gasteiger partial charge is 0.326 e. The first kappa shape index (κ1) is 24.6. The average molecular weight is 472 g/mol. The van der Waals surface area contributed by atoms with Crippen LogP contribution in [0, 0.1) is 0 Å². The van der Waals surface area contributed by atoms with Gasteiger partial charge in [-0.05, 0) is 42.8 Å². The van der Waals surface area contributed by atoms with Gasteiger partial charge in [0.05, 0.1) is 22.4 Å². The molecule has 0 saturated carbocycles. The van der Waals surface area contributed by atoms with Crippen LogP contribution in [-0.2, 0) is 13.0 Å². The molecule has 0 aliphatic rings. The summed E-state index contributed by atoms with van der Waals surface area (Å²) in [5.74, 6) is 0. The number of anilines is 3. The normalized spacial score (nSPS) is 11.1. The molecular formula is C29H37N5O. The van der Waals surface area contributed by atoms with Gasteiger partial charge in [0.15, 0.2) is 0 Å². The Hall–Kier alpha value is -3.54. The number of likely N-dealkylation sites (N-methyl/N-ethyl adjacent to an activating group) is 1. The monoisotopic (exact) mass is 471 g/mol. The van der Waals surface area contributed by atoms with Gasteiger partial charge in [-0.25, -0.2) is 4.79 Å². The first-order valence-electron chi connectivity index (χ1n) is 12.9. The molecule has 0 bridgehead atoms. The van der Waals surface area contributed by atoms with E-state index in [0.29, 0.717) is 0 Å². The molecule has 0 fully saturated rings. The Kier molecular flexibility index (Phi) is 8.60. The number of H-pyrrole nitrogens is 1. The lowest BCUT2D eigenvalue weighted by molar-refractivity contribution is 0.557. The quantitative estimate of drug-likeness (QED) is 0.218. The van der Waals surface area contributed by atoms with Crippen LogP contribution in [0.5, 0.6) is 0 Å². The van der Waals surface area contributed by atoms with E-state index in [9.17, 15) is 4.79 Å². The number of benzene rings is 2. The van der Waals surface area contributed by atoms with Crippen LogP contribution < -0.4 is 15.9 Å². The maximum atomic E-state index is 12.8. The van der Waals surface area contributed by atoms with Crippen LogP contribution in [0.15, 0.2) is 71.7 Å². The number of para-hydroxylation sites is 1. The SMILES string of the molecule is CCCCCCCCn1c(=O)[nH]c2cc(Nc3ccccc3)c(N(C)CCc3ccccn3)cc21. The molecule has 6 nitrogen and oxygen atoms in total. The van der Waals surface area contributed by atoms with Gasteiger partial charge in [-0.3, -0.25) is 9.55 Å². The number of nitrogens with zero attached hydrogens (tertiary/aromatic N) is 3. The molecule has 2 aromatic heterocycles. The minimum absolute atomic E-state index is 0.0347. The highest BCUT2D eigenvalue weighted by Crippen LogP contribution is 2.32. The third-order valence-corrected chi connectivity index (χ3v) is 6.52. The second-order valence-corrected chi connectivity index (χ2v) is 9.22. The highest BCUT2D eigenvalue weighted by atomic mass is 16.1. The lowest BCUT2D eigenvalue weighted by Gasteiger charge is -2.23. The van der Waals surface area contributed by atoms with Crippen LogP contribution in [0.25, 0.3) is 11.0 Å². The van der Waals surface area contributed by atoms with Crippen LogP contribution >= 0.6 is 0 Å².